The van der Waals surface area contributed by atoms with Gasteiger partial charge in [-0.3, -0.25) is 0 Å². The molecule has 0 bridgehead atoms. The normalized spacial score (nSPS) is 10.3. The van der Waals surface area contributed by atoms with Crippen LogP contribution in [-0.4, -0.2) is 24.7 Å². The minimum absolute atomic E-state index is 0.382. The molecule has 144 valence electrons. The Labute approximate surface area is 174 Å². The number of esters is 1. The Bertz CT molecular complexity index is 924. The molecule has 28 heavy (non-hydrogen) atoms. The number of rotatable bonds is 7. The maximum Gasteiger partial charge on any atom is 0.340 e. The largest absolute Gasteiger partial charge is 0.465 e. The van der Waals surface area contributed by atoms with Gasteiger partial charge in [-0.1, -0.05) is 60.7 Å². The van der Waals surface area contributed by atoms with Gasteiger partial charge in [0.1, 0.15) is 5.00 Å². The number of benzene rings is 2. The number of ether oxygens (including phenoxy) is 1. The maximum absolute atomic E-state index is 12.2. The number of anilines is 1. The average molecular weight is 411 g/mol. The lowest BCUT2D eigenvalue weighted by atomic mass is 10.1. The van der Waals surface area contributed by atoms with Crippen molar-refractivity contribution in [1.82, 2.24) is 5.32 Å². The van der Waals surface area contributed by atoms with E-state index in [4.69, 9.17) is 17.0 Å². The van der Waals surface area contributed by atoms with Crippen molar-refractivity contribution in [3.63, 3.8) is 0 Å². The Hall–Kier alpha value is -2.70. The molecule has 0 radical (unpaired) electrons. The Morgan fingerprint density at radius 2 is 1.75 bits per heavy atom. The van der Waals surface area contributed by atoms with Crippen molar-refractivity contribution in [2.45, 2.75) is 12.8 Å². The van der Waals surface area contributed by atoms with E-state index < -0.39 is 0 Å². The summed E-state index contributed by atoms with van der Waals surface area (Å²) in [6, 6.07) is 22.1. The van der Waals surface area contributed by atoms with Crippen molar-refractivity contribution in [2.24, 2.45) is 0 Å². The fraction of sp³-hybridized carbons (Fsp3) is 0.182. The van der Waals surface area contributed by atoms with E-state index in [1.807, 2.05) is 54.6 Å². The maximum atomic E-state index is 12.2. The quantitative estimate of drug-likeness (QED) is 0.322. The van der Waals surface area contributed by atoms with Crippen LogP contribution in [0.25, 0.3) is 10.4 Å². The second-order valence-corrected chi connectivity index (χ2v) is 7.64. The second-order valence-electron chi connectivity index (χ2n) is 6.18. The molecular weight excluding hydrogens is 388 g/mol. The predicted octanol–water partition coefficient (Wildman–Crippen LogP) is 5.12. The molecule has 4 nitrogen and oxygen atoms in total. The van der Waals surface area contributed by atoms with Gasteiger partial charge in [-0.2, -0.15) is 0 Å². The molecule has 2 N–H and O–H groups in total. The zero-order chi connectivity index (χ0) is 19.8. The molecule has 0 atom stereocenters. The van der Waals surface area contributed by atoms with Crippen LogP contribution in [0.4, 0.5) is 5.00 Å². The van der Waals surface area contributed by atoms with Gasteiger partial charge in [-0.15, -0.1) is 11.3 Å². The first-order chi connectivity index (χ1) is 13.7. The van der Waals surface area contributed by atoms with E-state index in [0.717, 1.165) is 29.8 Å². The molecule has 0 saturated heterocycles. The van der Waals surface area contributed by atoms with Crippen molar-refractivity contribution in [3.05, 3.63) is 77.9 Å². The summed E-state index contributed by atoms with van der Waals surface area (Å²) < 4.78 is 4.92. The van der Waals surface area contributed by atoms with Crippen LogP contribution in [0.5, 0.6) is 0 Å². The van der Waals surface area contributed by atoms with Crippen LogP contribution in [0.3, 0.4) is 0 Å². The molecule has 1 aromatic heterocycles. The third-order valence-electron chi connectivity index (χ3n) is 4.19. The number of carbonyl (C=O) groups is 1. The first kappa shape index (κ1) is 20.0. The van der Waals surface area contributed by atoms with E-state index in [1.165, 1.54) is 24.0 Å². The van der Waals surface area contributed by atoms with Crippen LogP contribution in [-0.2, 0) is 11.2 Å². The molecule has 3 rings (SSSR count). The molecule has 0 aliphatic carbocycles. The molecule has 0 spiro atoms. The number of aryl methyl sites for hydroxylation is 1. The number of nitrogens with one attached hydrogen (secondary N) is 2. The summed E-state index contributed by atoms with van der Waals surface area (Å²) in [5, 5.41) is 7.55. The highest BCUT2D eigenvalue weighted by Gasteiger charge is 2.18. The summed E-state index contributed by atoms with van der Waals surface area (Å²) in [4.78, 5) is 13.1. The van der Waals surface area contributed by atoms with Crippen LogP contribution in [0.1, 0.15) is 22.3 Å². The van der Waals surface area contributed by atoms with Crippen molar-refractivity contribution in [2.75, 3.05) is 19.0 Å². The summed E-state index contributed by atoms with van der Waals surface area (Å²) in [6.07, 6.45) is 1.95. The zero-order valence-electron chi connectivity index (χ0n) is 15.6. The van der Waals surface area contributed by atoms with Crippen LogP contribution >= 0.6 is 23.6 Å². The second kappa shape index (κ2) is 10.0. The Kier molecular flexibility index (Phi) is 7.17. The van der Waals surface area contributed by atoms with E-state index in [2.05, 4.69) is 22.8 Å². The fourth-order valence-corrected chi connectivity index (χ4v) is 4.10. The van der Waals surface area contributed by atoms with Gasteiger partial charge in [0, 0.05) is 11.4 Å². The van der Waals surface area contributed by atoms with Gasteiger partial charge in [0.05, 0.1) is 12.7 Å². The van der Waals surface area contributed by atoms with Crippen LogP contribution in [0.2, 0.25) is 0 Å². The fourth-order valence-electron chi connectivity index (χ4n) is 2.78. The third kappa shape index (κ3) is 5.41. The number of hydrogen-bond donors (Lipinski definition) is 2. The van der Waals surface area contributed by atoms with Crippen LogP contribution in [0.15, 0.2) is 66.7 Å². The lowest BCUT2D eigenvalue weighted by Gasteiger charge is -2.10. The number of thiocarbonyl (C=S) groups is 1. The van der Waals surface area contributed by atoms with E-state index in [1.54, 1.807) is 0 Å². The Balaban J connectivity index is 1.61. The monoisotopic (exact) mass is 410 g/mol. The number of thiophene rings is 1. The van der Waals surface area contributed by atoms with Crippen molar-refractivity contribution in [3.8, 4) is 10.4 Å². The lowest BCUT2D eigenvalue weighted by molar-refractivity contribution is 0.0602. The summed E-state index contributed by atoms with van der Waals surface area (Å²) in [5.74, 6) is -0.382. The molecule has 0 unspecified atom stereocenters. The number of carbonyl (C=O) groups excluding carboxylic acids is 1. The van der Waals surface area contributed by atoms with Crippen LogP contribution < -0.4 is 10.6 Å². The van der Waals surface area contributed by atoms with Gasteiger partial charge in [0.2, 0.25) is 0 Å². The molecule has 6 heteroatoms. The highest BCUT2D eigenvalue weighted by atomic mass is 32.1. The first-order valence-corrected chi connectivity index (χ1v) is 10.3. The first-order valence-electron chi connectivity index (χ1n) is 9.03. The van der Waals surface area contributed by atoms with Crippen molar-refractivity contribution < 1.29 is 9.53 Å². The molecule has 0 aliphatic rings. The van der Waals surface area contributed by atoms with Gasteiger partial charge in [-0.05, 0) is 42.3 Å². The molecule has 1 heterocycles. The molecular formula is C22H22N2O2S2. The van der Waals surface area contributed by atoms with Gasteiger partial charge in [0.15, 0.2) is 5.11 Å². The average Bonchev–Trinajstić information content (AvgIpc) is 3.16. The summed E-state index contributed by atoms with van der Waals surface area (Å²) in [6.45, 7) is 0.755. The smallest absolute Gasteiger partial charge is 0.340 e. The minimum atomic E-state index is -0.382. The molecule has 0 aliphatic heterocycles. The number of methoxy groups -OCH3 is 1. The molecule has 0 amide bonds. The van der Waals surface area contributed by atoms with Crippen molar-refractivity contribution in [1.29, 1.82) is 0 Å². The lowest BCUT2D eigenvalue weighted by Crippen LogP contribution is -2.29. The van der Waals surface area contributed by atoms with Crippen LogP contribution in [0, 0.1) is 0 Å². The van der Waals surface area contributed by atoms with Crippen molar-refractivity contribution >= 4 is 39.6 Å². The Morgan fingerprint density at radius 3 is 2.43 bits per heavy atom. The highest BCUT2D eigenvalue weighted by molar-refractivity contribution is 7.80. The van der Waals surface area contributed by atoms with Gasteiger partial charge < -0.3 is 15.4 Å². The summed E-state index contributed by atoms with van der Waals surface area (Å²) in [5.41, 5.74) is 2.84. The minimum Gasteiger partial charge on any atom is -0.465 e. The van der Waals surface area contributed by atoms with Gasteiger partial charge in [-0.25, -0.2) is 4.79 Å². The third-order valence-corrected chi connectivity index (χ3v) is 5.54. The van der Waals surface area contributed by atoms with Gasteiger partial charge in [0.25, 0.3) is 0 Å². The van der Waals surface area contributed by atoms with E-state index in [9.17, 15) is 4.79 Å². The van der Waals surface area contributed by atoms with E-state index >= 15 is 0 Å². The Morgan fingerprint density at radius 1 is 1.07 bits per heavy atom. The zero-order valence-corrected chi connectivity index (χ0v) is 17.2. The molecule has 2 aromatic carbocycles. The number of hydrogen-bond acceptors (Lipinski definition) is 4. The summed E-state index contributed by atoms with van der Waals surface area (Å²) >= 11 is 6.89. The van der Waals surface area contributed by atoms with Gasteiger partial charge >= 0.3 is 5.97 Å². The topological polar surface area (TPSA) is 50.4 Å². The molecule has 3 aromatic rings. The van der Waals surface area contributed by atoms with E-state index in [-0.39, 0.29) is 5.97 Å². The van der Waals surface area contributed by atoms with E-state index in [0.29, 0.717) is 15.7 Å². The predicted molar refractivity (Wildman–Crippen MR) is 120 cm³/mol. The molecule has 0 saturated carbocycles. The standard InChI is InChI=1S/C22H22N2O2S2/c1-26-21(25)18-15-19(17-12-6-3-7-13-17)28-20(18)24-22(27)23-14-8-11-16-9-4-2-5-10-16/h2-7,9-10,12-13,15H,8,11,14H2,1H3,(H2,23,24,27). The SMILES string of the molecule is COC(=O)c1cc(-c2ccccc2)sc1NC(=S)NCCCc1ccccc1. The molecule has 0 fully saturated rings. The highest BCUT2D eigenvalue weighted by Crippen LogP contribution is 2.35. The summed E-state index contributed by atoms with van der Waals surface area (Å²) in [7, 11) is 1.38.